The number of hydrogen-bond acceptors (Lipinski definition) is 10. The number of nitrogens with zero attached hydrogens (tertiary/aromatic N) is 7. The van der Waals surface area contributed by atoms with Gasteiger partial charge >= 0.3 is 0 Å². The van der Waals surface area contributed by atoms with Crippen LogP contribution in [-0.2, 0) is 23.1 Å². The maximum atomic E-state index is 13.4. The molecule has 1 saturated carbocycles. The number of H-pyrrole nitrogens is 1. The van der Waals surface area contributed by atoms with Crippen molar-refractivity contribution in [3.05, 3.63) is 75.6 Å². The largest absolute Gasteiger partial charge is 0.351 e. The zero-order valence-corrected chi connectivity index (χ0v) is 30.2. The Balaban J connectivity index is 1.36. The summed E-state index contributed by atoms with van der Waals surface area (Å²) in [7, 11) is 7.86. The van der Waals surface area contributed by atoms with Crippen molar-refractivity contribution in [3.63, 3.8) is 0 Å². The van der Waals surface area contributed by atoms with Gasteiger partial charge < -0.3 is 30.7 Å². The van der Waals surface area contributed by atoms with Gasteiger partial charge in [0.05, 0.1) is 18.0 Å². The van der Waals surface area contributed by atoms with Gasteiger partial charge in [-0.25, -0.2) is 5.10 Å². The first-order chi connectivity index (χ1) is 24.5. The zero-order chi connectivity index (χ0) is 36.3. The molecule has 14 heteroatoms. The number of aryl methyl sites for hydroxylation is 2. The first-order valence-electron chi connectivity index (χ1n) is 17.8. The maximum absolute atomic E-state index is 13.4. The van der Waals surface area contributed by atoms with Crippen LogP contribution in [0.25, 0.3) is 0 Å². The van der Waals surface area contributed by atoms with E-state index >= 15 is 0 Å². The molecule has 3 amide bonds. The van der Waals surface area contributed by atoms with Crippen LogP contribution < -0.4 is 16.0 Å². The second-order valence-corrected chi connectivity index (χ2v) is 14.7. The lowest BCUT2D eigenvalue weighted by atomic mass is 9.67. The molecule has 3 aromatic rings. The number of piperidine rings is 1. The van der Waals surface area contributed by atoms with E-state index in [9.17, 15) is 19.6 Å². The smallest absolute Gasteiger partial charge is 0.251 e. The van der Waals surface area contributed by atoms with E-state index in [0.717, 1.165) is 48.2 Å². The van der Waals surface area contributed by atoms with Crippen molar-refractivity contribution >= 4 is 17.7 Å². The maximum Gasteiger partial charge on any atom is 0.251 e. The summed E-state index contributed by atoms with van der Waals surface area (Å²) in [6, 6.07) is 13.5. The number of carbonyl (C=O) groups is 3. The van der Waals surface area contributed by atoms with E-state index in [2.05, 4.69) is 42.6 Å². The fraction of sp³-hybridized carbons (Fsp3) is 0.541. The number of carbonyl (C=O) groups excluding carboxylic acids is 3. The topological polar surface area (TPSA) is 175 Å². The van der Waals surface area contributed by atoms with Crippen LogP contribution in [0.3, 0.4) is 0 Å². The van der Waals surface area contributed by atoms with E-state index in [1.165, 1.54) is 0 Å². The standard InChI is InChI=1S/C37H49N11O3/c1-23(41-22-33(49)48-29(21-38)18-28-19-32(28)48)20-37(36-42-44-45-43-36)30-10-8-26(34(50)39-12-14-46(2)3)16-24(30)6-7-25-17-27(9-11-31(25)37)35(51)40-13-15-47(4)5/h8-11,16-17,23,28-29,32,41H,6-7,12-15,18-20,22H2,1-5H3,(H,39,50)(H,40,51)(H,42,43,44,45)/t23-,28-,29+,32+/m1/s1. The fourth-order valence-electron chi connectivity index (χ4n) is 7.85. The minimum Gasteiger partial charge on any atom is -0.351 e. The Kier molecular flexibility index (Phi) is 10.8. The van der Waals surface area contributed by atoms with Crippen molar-refractivity contribution in [2.75, 3.05) is 60.9 Å². The molecule has 0 unspecified atom stereocenters. The molecule has 2 heterocycles. The van der Waals surface area contributed by atoms with Gasteiger partial charge in [0, 0.05) is 49.4 Å². The number of aromatic nitrogens is 4. The molecule has 51 heavy (non-hydrogen) atoms. The average molecular weight is 696 g/mol. The lowest BCUT2D eigenvalue weighted by Crippen LogP contribution is -2.46. The molecule has 4 N–H and O–H groups in total. The third kappa shape index (κ3) is 7.66. The van der Waals surface area contributed by atoms with Crippen molar-refractivity contribution < 1.29 is 14.4 Å². The predicted octanol–water partition coefficient (Wildman–Crippen LogP) is 1.10. The fourth-order valence-corrected chi connectivity index (χ4v) is 7.85. The van der Waals surface area contributed by atoms with Crippen LogP contribution >= 0.6 is 0 Å². The van der Waals surface area contributed by atoms with Crippen LogP contribution in [-0.4, -0.2) is 132 Å². The van der Waals surface area contributed by atoms with Crippen molar-refractivity contribution in [1.29, 1.82) is 5.26 Å². The quantitative estimate of drug-likeness (QED) is 0.191. The molecule has 1 aromatic heterocycles. The van der Waals surface area contributed by atoms with Crippen molar-refractivity contribution in [3.8, 4) is 6.07 Å². The number of nitrogens with one attached hydrogen (secondary N) is 4. The molecule has 2 aromatic carbocycles. The van der Waals surface area contributed by atoms with Gasteiger partial charge in [-0.05, 0) is 130 Å². The minimum absolute atomic E-state index is 0.0645. The normalized spacial score (nSPS) is 20.5. The Morgan fingerprint density at radius 1 is 0.961 bits per heavy atom. The van der Waals surface area contributed by atoms with Crippen LogP contribution in [0.4, 0.5) is 0 Å². The number of fused-ring (bicyclic) bond motifs is 3. The van der Waals surface area contributed by atoms with E-state index in [0.29, 0.717) is 55.2 Å². The second-order valence-electron chi connectivity index (χ2n) is 14.7. The predicted molar refractivity (Wildman–Crippen MR) is 191 cm³/mol. The number of tetrazole rings is 1. The Hall–Kier alpha value is -4.71. The van der Waals surface area contributed by atoms with E-state index in [-0.39, 0.29) is 42.4 Å². The van der Waals surface area contributed by atoms with Crippen LogP contribution in [0.2, 0.25) is 0 Å². The highest BCUT2D eigenvalue weighted by Crippen LogP contribution is 2.48. The van der Waals surface area contributed by atoms with Gasteiger partial charge in [0.2, 0.25) is 5.91 Å². The highest BCUT2D eigenvalue weighted by molar-refractivity contribution is 5.95. The molecular weight excluding hydrogens is 646 g/mol. The summed E-state index contributed by atoms with van der Waals surface area (Å²) < 4.78 is 0. The highest BCUT2D eigenvalue weighted by atomic mass is 16.2. The van der Waals surface area contributed by atoms with E-state index in [4.69, 9.17) is 0 Å². The molecular formula is C37H49N11O3. The Labute approximate surface area is 299 Å². The summed E-state index contributed by atoms with van der Waals surface area (Å²) in [5.74, 6) is 0.619. The van der Waals surface area contributed by atoms with Gasteiger partial charge in [0.1, 0.15) is 6.04 Å². The first-order valence-corrected chi connectivity index (χ1v) is 17.8. The molecule has 1 saturated heterocycles. The monoisotopic (exact) mass is 695 g/mol. The average Bonchev–Trinajstić information content (AvgIpc) is 3.49. The van der Waals surface area contributed by atoms with Gasteiger partial charge in [-0.15, -0.1) is 5.10 Å². The van der Waals surface area contributed by atoms with Crippen molar-refractivity contribution in [1.82, 2.24) is 51.3 Å². The van der Waals surface area contributed by atoms with Crippen molar-refractivity contribution in [2.24, 2.45) is 5.92 Å². The summed E-state index contributed by atoms with van der Waals surface area (Å²) in [6.07, 6.45) is 3.45. The second kappa shape index (κ2) is 15.3. The number of nitriles is 1. The molecule has 14 nitrogen and oxygen atoms in total. The molecule has 1 aliphatic heterocycles. The van der Waals surface area contributed by atoms with Crippen LogP contribution in [0, 0.1) is 17.2 Å². The molecule has 0 spiro atoms. The number of benzene rings is 2. The Morgan fingerprint density at radius 2 is 1.55 bits per heavy atom. The summed E-state index contributed by atoms with van der Waals surface area (Å²) in [4.78, 5) is 45.8. The zero-order valence-electron chi connectivity index (χ0n) is 30.2. The van der Waals surface area contributed by atoms with E-state index in [1.54, 1.807) is 4.90 Å². The lowest BCUT2D eigenvalue weighted by Gasteiger charge is -2.37. The molecule has 2 aliphatic carbocycles. The highest BCUT2D eigenvalue weighted by Gasteiger charge is 2.54. The van der Waals surface area contributed by atoms with Gasteiger partial charge in [-0.1, -0.05) is 12.1 Å². The minimum atomic E-state index is -0.912. The molecule has 0 bridgehead atoms. The number of aromatic amines is 1. The van der Waals surface area contributed by atoms with Gasteiger partial charge in [0.25, 0.3) is 11.8 Å². The van der Waals surface area contributed by atoms with E-state index < -0.39 is 5.41 Å². The van der Waals surface area contributed by atoms with Gasteiger partial charge in [0.15, 0.2) is 5.82 Å². The van der Waals surface area contributed by atoms with Crippen LogP contribution in [0.1, 0.15) is 75.0 Å². The van der Waals surface area contributed by atoms with Crippen LogP contribution in [0.5, 0.6) is 0 Å². The van der Waals surface area contributed by atoms with Crippen molar-refractivity contribution in [2.45, 2.75) is 62.6 Å². The SMILES string of the molecule is C[C@H](CC1(c2nnn[nH]2)c2ccc(C(=O)NCCN(C)C)cc2CCc2cc(C(=O)NCCN(C)C)ccc21)NCC(=O)N1[C@H](C#N)C[C@@H]2C[C@@H]21. The Bertz CT molecular complexity index is 1710. The molecule has 4 atom stereocenters. The van der Waals surface area contributed by atoms with Crippen LogP contribution in [0.15, 0.2) is 36.4 Å². The first kappa shape index (κ1) is 36.1. The molecule has 2 fully saturated rings. The van der Waals surface area contributed by atoms with Gasteiger partial charge in [-0.2, -0.15) is 5.26 Å². The summed E-state index contributed by atoms with van der Waals surface area (Å²) in [6.45, 7) is 4.64. The molecule has 6 rings (SSSR count). The Morgan fingerprint density at radius 3 is 2.06 bits per heavy atom. The number of likely N-dealkylation sites (N-methyl/N-ethyl adjacent to an activating group) is 2. The summed E-state index contributed by atoms with van der Waals surface area (Å²) in [5, 5.41) is 34.8. The van der Waals surface area contributed by atoms with Gasteiger partial charge in [-0.3, -0.25) is 14.4 Å². The molecule has 270 valence electrons. The summed E-state index contributed by atoms with van der Waals surface area (Å²) >= 11 is 0. The number of likely N-dealkylation sites (tertiary alicyclic amines) is 1. The number of rotatable bonds is 14. The third-order valence-corrected chi connectivity index (χ3v) is 10.5. The molecule has 0 radical (unpaired) electrons. The number of amides is 3. The van der Waals surface area contributed by atoms with E-state index in [1.807, 2.05) is 81.3 Å². The summed E-state index contributed by atoms with van der Waals surface area (Å²) in [5.41, 5.74) is 4.10. The lowest BCUT2D eigenvalue weighted by molar-refractivity contribution is -0.131. The molecule has 3 aliphatic rings. The number of hydrogen-bond donors (Lipinski definition) is 4. The third-order valence-electron chi connectivity index (χ3n) is 10.5.